The number of aliphatic hydroxyl groups is 1. The number of carboxylic acid groups (broad SMARTS) is 1. The topological polar surface area (TPSA) is 225 Å². The molecule has 15 nitrogen and oxygen atoms in total. The van der Waals surface area contributed by atoms with E-state index in [0.29, 0.717) is 22.3 Å². The molecular formula is C52H47F5N4O11. The highest BCUT2D eigenvalue weighted by molar-refractivity contribution is 5.87. The Hall–Kier alpha value is -8.36. The van der Waals surface area contributed by atoms with E-state index in [9.17, 15) is 56.1 Å². The fourth-order valence-corrected chi connectivity index (χ4v) is 7.01. The first kappa shape index (κ1) is 53.0. The molecule has 0 aliphatic rings. The summed E-state index contributed by atoms with van der Waals surface area (Å²) in [5.74, 6) is -17.9. The molecule has 376 valence electrons. The van der Waals surface area contributed by atoms with Crippen LogP contribution >= 0.6 is 0 Å². The average Bonchev–Trinajstić information content (AvgIpc) is 3.39. The molecule has 0 unspecified atom stereocenters. The molecule has 0 radical (unpaired) electrons. The smallest absolute Gasteiger partial charge is 0.408 e. The van der Waals surface area contributed by atoms with Gasteiger partial charge < -0.3 is 50.8 Å². The van der Waals surface area contributed by atoms with Gasteiger partial charge in [0, 0.05) is 19.4 Å². The number of aliphatic hydroxyl groups excluding tert-OH is 1. The number of benzene rings is 6. The number of nitrogens with one attached hydrogen (secondary N) is 3. The van der Waals surface area contributed by atoms with Crippen molar-refractivity contribution in [1.29, 1.82) is 0 Å². The van der Waals surface area contributed by atoms with Crippen molar-refractivity contribution in [3.8, 4) is 22.6 Å². The Morgan fingerprint density at radius 2 is 1.10 bits per heavy atom. The monoisotopic (exact) mass is 998 g/mol. The van der Waals surface area contributed by atoms with Gasteiger partial charge in [0.25, 0.3) is 0 Å². The normalized spacial score (nSPS) is 12.6. The Labute approximate surface area is 408 Å². The highest BCUT2D eigenvalue weighted by Gasteiger charge is 2.33. The Morgan fingerprint density at radius 1 is 0.569 bits per heavy atom. The minimum Gasteiger partial charge on any atom is -0.489 e. The molecule has 72 heavy (non-hydrogen) atoms. The maximum absolute atomic E-state index is 14.8. The molecule has 3 amide bonds. The van der Waals surface area contributed by atoms with Gasteiger partial charge in [-0.15, -0.1) is 0 Å². The van der Waals surface area contributed by atoms with E-state index >= 15 is 0 Å². The van der Waals surface area contributed by atoms with Crippen LogP contribution in [-0.4, -0.2) is 71.0 Å². The summed E-state index contributed by atoms with van der Waals surface area (Å²) in [6, 6.07) is 32.3. The summed E-state index contributed by atoms with van der Waals surface area (Å²) in [5.41, 5.74) is 9.46. The molecule has 0 bridgehead atoms. The molecule has 4 atom stereocenters. The van der Waals surface area contributed by atoms with Crippen LogP contribution < -0.4 is 31.2 Å². The van der Waals surface area contributed by atoms with Crippen molar-refractivity contribution >= 4 is 30.0 Å². The zero-order valence-electron chi connectivity index (χ0n) is 38.0. The summed E-state index contributed by atoms with van der Waals surface area (Å²) in [4.78, 5) is 64.5. The van der Waals surface area contributed by atoms with E-state index < -0.39 is 95.5 Å². The van der Waals surface area contributed by atoms with Crippen LogP contribution in [0.4, 0.5) is 31.5 Å². The van der Waals surface area contributed by atoms with Crippen LogP contribution in [0.15, 0.2) is 133 Å². The third-order valence-electron chi connectivity index (χ3n) is 10.8. The van der Waals surface area contributed by atoms with Crippen molar-refractivity contribution in [3.05, 3.63) is 190 Å². The Morgan fingerprint density at radius 3 is 1.68 bits per heavy atom. The summed E-state index contributed by atoms with van der Waals surface area (Å²) < 4.78 is 93.1. The number of esters is 1. The number of aliphatic carboxylic acids is 1. The molecule has 0 fully saturated rings. The zero-order valence-corrected chi connectivity index (χ0v) is 38.0. The Kier molecular flexibility index (Phi) is 18.8. The van der Waals surface area contributed by atoms with Crippen LogP contribution in [-0.2, 0) is 56.5 Å². The summed E-state index contributed by atoms with van der Waals surface area (Å²) in [5, 5.41) is 27.6. The lowest BCUT2D eigenvalue weighted by molar-refractivity contribution is -0.142. The van der Waals surface area contributed by atoms with Gasteiger partial charge in [0.15, 0.2) is 0 Å². The van der Waals surface area contributed by atoms with Gasteiger partial charge in [0.1, 0.15) is 37.7 Å². The molecule has 6 rings (SSSR count). The quantitative estimate of drug-likeness (QED) is 0.0131. The maximum atomic E-state index is 14.8. The standard InChI is InChI=1S/C52H47F5N4O11/c53-42-43(54)45(56)47(46(57)44(42)55)72-50(66)40(61-52(68)71-29-32-15-8-3-9-16-32)24-36-23-35(19-20-41(36)69-27-30-11-4-1-5-12-30)34-18-10-17-33(21-34)22-39(49(64)65)60-48(63)38(58)25-37(62)26-59-51(67)70-28-31-13-6-2-7-14-31/h1-21,23,37-40,62H,22,24-29,58H2,(H,59,67)(H,60,63)(H,61,68)(H,64,65)/t37-,38+,39+,40+/m1/s1. The van der Waals surface area contributed by atoms with Gasteiger partial charge >= 0.3 is 24.1 Å². The summed E-state index contributed by atoms with van der Waals surface area (Å²) in [7, 11) is 0. The predicted molar refractivity (Wildman–Crippen MR) is 248 cm³/mol. The van der Waals surface area contributed by atoms with Crippen LogP contribution in [0.25, 0.3) is 11.1 Å². The number of ether oxygens (including phenoxy) is 4. The molecular weight excluding hydrogens is 952 g/mol. The molecule has 0 heterocycles. The zero-order chi connectivity index (χ0) is 51.7. The molecule has 0 saturated heterocycles. The van der Waals surface area contributed by atoms with Crippen LogP contribution in [0, 0.1) is 29.1 Å². The number of carbonyl (C=O) groups excluding carboxylic acids is 4. The molecule has 0 aliphatic heterocycles. The van der Waals surface area contributed by atoms with Crippen molar-refractivity contribution < 1.29 is 75.1 Å². The number of rotatable bonds is 22. The highest BCUT2D eigenvalue weighted by atomic mass is 19.2. The largest absolute Gasteiger partial charge is 0.489 e. The number of alkyl carbamates (subject to hydrolysis) is 2. The van der Waals surface area contributed by atoms with Gasteiger partial charge in [-0.2, -0.15) is 8.78 Å². The summed E-state index contributed by atoms with van der Waals surface area (Å²) in [6.07, 6.45) is -4.52. The number of nitrogens with two attached hydrogens (primary N) is 1. The lowest BCUT2D eigenvalue weighted by Crippen LogP contribution is -2.50. The first-order valence-corrected chi connectivity index (χ1v) is 22.1. The van der Waals surface area contributed by atoms with Gasteiger partial charge in [0.2, 0.25) is 40.7 Å². The maximum Gasteiger partial charge on any atom is 0.408 e. The molecule has 0 aliphatic carbocycles. The SMILES string of the molecule is N[C@@H](C[C@@H](O)CNC(=O)OCc1ccccc1)C(=O)N[C@@H](Cc1cccc(-c2ccc(OCc3ccccc3)c(C[C@H](NC(=O)OCc3ccccc3)C(=O)Oc3c(F)c(F)c(F)c(F)c3F)c2)c1)C(=O)O. The van der Waals surface area contributed by atoms with Crippen LogP contribution in [0.1, 0.15) is 34.2 Å². The van der Waals surface area contributed by atoms with Crippen molar-refractivity contribution in [3.63, 3.8) is 0 Å². The molecule has 6 aromatic rings. The second kappa shape index (κ2) is 25.5. The number of amides is 3. The molecule has 0 aromatic heterocycles. The number of hydrogen-bond acceptors (Lipinski definition) is 11. The van der Waals surface area contributed by atoms with Crippen LogP contribution in [0.5, 0.6) is 11.5 Å². The van der Waals surface area contributed by atoms with Crippen LogP contribution in [0.3, 0.4) is 0 Å². The fraction of sp³-hybridized carbons (Fsp3) is 0.212. The average molecular weight is 999 g/mol. The van der Waals surface area contributed by atoms with Crippen molar-refractivity contribution in [2.24, 2.45) is 5.73 Å². The minimum absolute atomic E-state index is 0.0134. The number of carboxylic acids is 1. The molecule has 6 aromatic carbocycles. The first-order chi connectivity index (χ1) is 34.6. The first-order valence-electron chi connectivity index (χ1n) is 22.1. The number of hydrogen-bond donors (Lipinski definition) is 6. The van der Waals surface area contributed by atoms with E-state index in [-0.39, 0.29) is 50.5 Å². The van der Waals surface area contributed by atoms with Gasteiger partial charge in [-0.3, -0.25) is 4.79 Å². The van der Waals surface area contributed by atoms with E-state index in [1.807, 2.05) is 0 Å². The molecule has 0 saturated carbocycles. The highest BCUT2D eigenvalue weighted by Crippen LogP contribution is 2.32. The number of halogens is 5. The van der Waals surface area contributed by atoms with E-state index in [4.69, 9.17) is 24.7 Å². The van der Waals surface area contributed by atoms with Crippen molar-refractivity contribution in [1.82, 2.24) is 16.0 Å². The molecule has 7 N–H and O–H groups in total. The fourth-order valence-electron chi connectivity index (χ4n) is 7.01. The van der Waals surface area contributed by atoms with Gasteiger partial charge in [-0.1, -0.05) is 121 Å². The van der Waals surface area contributed by atoms with Crippen molar-refractivity contribution in [2.75, 3.05) is 6.54 Å². The van der Waals surface area contributed by atoms with E-state index in [0.717, 1.165) is 11.1 Å². The predicted octanol–water partition coefficient (Wildman–Crippen LogP) is 7.19. The van der Waals surface area contributed by atoms with Crippen molar-refractivity contribution in [2.45, 2.75) is 63.3 Å². The summed E-state index contributed by atoms with van der Waals surface area (Å²) in [6.45, 7) is -0.635. The summed E-state index contributed by atoms with van der Waals surface area (Å²) >= 11 is 0. The second-order valence-corrected chi connectivity index (χ2v) is 16.1. The Bertz CT molecular complexity index is 2820. The third-order valence-corrected chi connectivity index (χ3v) is 10.8. The van der Waals surface area contributed by atoms with Crippen LogP contribution in [0.2, 0.25) is 0 Å². The Balaban J connectivity index is 1.20. The van der Waals surface area contributed by atoms with Gasteiger partial charge in [-0.05, 0) is 57.5 Å². The van der Waals surface area contributed by atoms with E-state index in [1.54, 1.807) is 121 Å². The number of carbonyl (C=O) groups is 5. The van der Waals surface area contributed by atoms with Gasteiger partial charge in [0.05, 0.1) is 12.1 Å². The minimum atomic E-state index is -2.49. The second-order valence-electron chi connectivity index (χ2n) is 16.1. The lowest BCUT2D eigenvalue weighted by Gasteiger charge is -2.21. The van der Waals surface area contributed by atoms with E-state index in [1.165, 1.54) is 12.1 Å². The molecule has 20 heteroatoms. The lowest BCUT2D eigenvalue weighted by atomic mass is 9.96. The van der Waals surface area contributed by atoms with E-state index in [2.05, 4.69) is 16.0 Å². The van der Waals surface area contributed by atoms with Gasteiger partial charge in [-0.25, -0.2) is 32.3 Å². The molecule has 0 spiro atoms. The third kappa shape index (κ3) is 15.1.